The van der Waals surface area contributed by atoms with E-state index in [0.29, 0.717) is 0 Å². The van der Waals surface area contributed by atoms with Crippen LogP contribution >= 0.6 is 0 Å². The summed E-state index contributed by atoms with van der Waals surface area (Å²) < 4.78 is 0. The van der Waals surface area contributed by atoms with Gasteiger partial charge in [0.2, 0.25) is 0 Å². The van der Waals surface area contributed by atoms with Gasteiger partial charge >= 0.3 is 0 Å². The van der Waals surface area contributed by atoms with Crippen LogP contribution in [0.4, 0.5) is 0 Å². The summed E-state index contributed by atoms with van der Waals surface area (Å²) in [5.74, 6) is 0. The van der Waals surface area contributed by atoms with E-state index in [1.54, 1.807) is 0 Å². The molecule has 0 aliphatic rings. The molecule has 0 atom stereocenters. The number of hydrogen-bond acceptors (Lipinski definition) is 1. The van der Waals surface area contributed by atoms with Crippen molar-refractivity contribution in [2.24, 2.45) is 0 Å². The Morgan fingerprint density at radius 3 is 2.55 bits per heavy atom. The van der Waals surface area contributed by atoms with Crippen molar-refractivity contribution >= 4 is 22.4 Å². The molecule has 0 N–H and O–H groups in total. The Morgan fingerprint density at radius 1 is 0.955 bits per heavy atom. The number of allylic oxidation sites excluding steroid dienone is 1. The minimum absolute atomic E-state index is 1.03. The molecule has 0 aliphatic carbocycles. The van der Waals surface area contributed by atoms with Crippen LogP contribution in [-0.4, -0.2) is 4.98 Å². The quantitative estimate of drug-likeness (QED) is 0.563. The van der Waals surface area contributed by atoms with Crippen molar-refractivity contribution in [1.82, 2.24) is 4.98 Å². The second kappa shape index (κ2) is 7.04. The van der Waals surface area contributed by atoms with Gasteiger partial charge in [-0.2, -0.15) is 0 Å². The first-order valence-electron chi connectivity index (χ1n) is 7.97. The highest BCUT2D eigenvalue weighted by Crippen LogP contribution is 2.26. The molecule has 110 valence electrons. The van der Waals surface area contributed by atoms with Gasteiger partial charge in [0.15, 0.2) is 0 Å². The first kappa shape index (κ1) is 14.5. The third kappa shape index (κ3) is 3.43. The Hall–Kier alpha value is -2.41. The van der Waals surface area contributed by atoms with Crippen molar-refractivity contribution in [3.63, 3.8) is 0 Å². The monoisotopic (exact) mass is 287 g/mol. The van der Waals surface area contributed by atoms with Crippen LogP contribution in [0.1, 0.15) is 37.4 Å². The third-order valence-corrected chi connectivity index (χ3v) is 3.93. The fraction of sp³-hybridized carbons (Fsp3) is 0.190. The van der Waals surface area contributed by atoms with Crippen LogP contribution in [0.15, 0.2) is 66.9 Å². The number of rotatable bonds is 5. The fourth-order valence-corrected chi connectivity index (χ4v) is 2.70. The maximum Gasteiger partial charge on any atom is 0.0632 e. The number of fused-ring (bicyclic) bond motifs is 1. The van der Waals surface area contributed by atoms with E-state index < -0.39 is 0 Å². The molecule has 22 heavy (non-hydrogen) atoms. The van der Waals surface area contributed by atoms with E-state index in [1.807, 2.05) is 18.3 Å². The molecule has 0 aliphatic heterocycles. The van der Waals surface area contributed by atoms with Crippen molar-refractivity contribution in [2.45, 2.75) is 26.2 Å². The summed E-state index contributed by atoms with van der Waals surface area (Å²) in [6.07, 6.45) is 7.56. The molecule has 0 spiro atoms. The molecule has 0 unspecified atom stereocenters. The summed E-state index contributed by atoms with van der Waals surface area (Å²) in [5, 5.41) is 2.59. The molecule has 0 saturated heterocycles. The van der Waals surface area contributed by atoms with E-state index in [4.69, 9.17) is 0 Å². The minimum Gasteiger partial charge on any atom is -0.257 e. The molecule has 3 aromatic rings. The molecule has 0 bridgehead atoms. The number of aromatic nitrogens is 1. The van der Waals surface area contributed by atoms with Crippen LogP contribution in [0.2, 0.25) is 0 Å². The maximum absolute atomic E-state index is 4.44. The average Bonchev–Trinajstić information content (AvgIpc) is 2.59. The van der Waals surface area contributed by atoms with E-state index in [1.165, 1.54) is 34.8 Å². The smallest absolute Gasteiger partial charge is 0.0632 e. The van der Waals surface area contributed by atoms with Crippen molar-refractivity contribution in [1.29, 1.82) is 0 Å². The Bertz CT molecular complexity index is 772. The molecular weight excluding hydrogens is 266 g/mol. The third-order valence-electron chi connectivity index (χ3n) is 3.93. The van der Waals surface area contributed by atoms with Crippen LogP contribution in [0.25, 0.3) is 22.4 Å². The van der Waals surface area contributed by atoms with Crippen LogP contribution in [0.5, 0.6) is 0 Å². The zero-order valence-electron chi connectivity index (χ0n) is 13.0. The van der Waals surface area contributed by atoms with Crippen molar-refractivity contribution in [3.05, 3.63) is 78.1 Å². The van der Waals surface area contributed by atoms with Crippen LogP contribution in [0, 0.1) is 0 Å². The summed E-state index contributed by atoms with van der Waals surface area (Å²) in [6.45, 7) is 2.23. The van der Waals surface area contributed by atoms with Gasteiger partial charge in [-0.15, -0.1) is 0 Å². The topological polar surface area (TPSA) is 12.9 Å². The van der Waals surface area contributed by atoms with Crippen LogP contribution in [0.3, 0.4) is 0 Å². The van der Waals surface area contributed by atoms with Crippen molar-refractivity contribution in [3.8, 4) is 0 Å². The molecule has 0 amide bonds. The van der Waals surface area contributed by atoms with Crippen molar-refractivity contribution in [2.75, 3.05) is 0 Å². The largest absolute Gasteiger partial charge is 0.257 e. The lowest BCUT2D eigenvalue weighted by atomic mass is 9.96. The predicted octanol–water partition coefficient (Wildman–Crippen LogP) is 5.97. The average molecular weight is 287 g/mol. The van der Waals surface area contributed by atoms with Crippen molar-refractivity contribution < 1.29 is 0 Å². The number of unbranched alkanes of at least 4 members (excludes halogenated alkanes) is 1. The summed E-state index contributed by atoms with van der Waals surface area (Å²) in [5.41, 5.74) is 3.70. The molecule has 1 heteroatoms. The molecule has 0 radical (unpaired) electrons. The summed E-state index contributed by atoms with van der Waals surface area (Å²) >= 11 is 0. The fourth-order valence-electron chi connectivity index (χ4n) is 2.70. The van der Waals surface area contributed by atoms with Gasteiger partial charge in [-0.3, -0.25) is 4.98 Å². The molecule has 1 nitrogen and oxygen atoms in total. The predicted molar refractivity (Wildman–Crippen MR) is 95.6 cm³/mol. The lowest BCUT2D eigenvalue weighted by molar-refractivity contribution is 0.825. The number of benzene rings is 2. The van der Waals surface area contributed by atoms with Gasteiger partial charge in [-0.1, -0.05) is 55.8 Å². The van der Waals surface area contributed by atoms with Crippen LogP contribution < -0.4 is 0 Å². The van der Waals surface area contributed by atoms with E-state index in [0.717, 1.165) is 12.1 Å². The van der Waals surface area contributed by atoms with Gasteiger partial charge in [0, 0.05) is 6.20 Å². The molecule has 0 fully saturated rings. The van der Waals surface area contributed by atoms with E-state index >= 15 is 0 Å². The molecular formula is C21H21N. The minimum atomic E-state index is 1.03. The summed E-state index contributed by atoms with van der Waals surface area (Å²) in [6, 6.07) is 21.3. The maximum atomic E-state index is 4.44. The highest BCUT2D eigenvalue weighted by molar-refractivity contribution is 5.89. The Kier molecular flexibility index (Phi) is 4.65. The SMILES string of the molecule is CCCC/C(=C\c1ccccn1)c1ccc2ccccc2c1. The van der Waals surface area contributed by atoms with Gasteiger partial charge < -0.3 is 0 Å². The second-order valence-electron chi connectivity index (χ2n) is 5.59. The standard InChI is InChI=1S/C21H21N/c1-2-3-8-19(16-21-11-6-7-14-22-21)20-13-12-17-9-4-5-10-18(17)15-20/h4-7,9-16H,2-3,8H2,1H3/b19-16+. The molecule has 0 saturated carbocycles. The number of pyridine rings is 1. The Morgan fingerprint density at radius 2 is 1.77 bits per heavy atom. The number of nitrogens with zero attached hydrogens (tertiary/aromatic N) is 1. The van der Waals surface area contributed by atoms with E-state index in [-0.39, 0.29) is 0 Å². The highest BCUT2D eigenvalue weighted by Gasteiger charge is 2.04. The number of hydrogen-bond donors (Lipinski definition) is 0. The van der Waals surface area contributed by atoms with E-state index in [9.17, 15) is 0 Å². The molecule has 2 aromatic carbocycles. The highest BCUT2D eigenvalue weighted by atomic mass is 14.6. The first-order valence-corrected chi connectivity index (χ1v) is 7.97. The first-order chi connectivity index (χ1) is 10.9. The molecule has 1 heterocycles. The van der Waals surface area contributed by atoms with Gasteiger partial charge in [0.05, 0.1) is 5.69 Å². The van der Waals surface area contributed by atoms with E-state index in [2.05, 4.69) is 66.5 Å². The van der Waals surface area contributed by atoms with Crippen LogP contribution in [-0.2, 0) is 0 Å². The lowest BCUT2D eigenvalue weighted by Gasteiger charge is -2.09. The molecule has 3 rings (SSSR count). The summed E-state index contributed by atoms with van der Waals surface area (Å²) in [7, 11) is 0. The van der Waals surface area contributed by atoms with Gasteiger partial charge in [-0.05, 0) is 59.0 Å². The molecule has 1 aromatic heterocycles. The summed E-state index contributed by atoms with van der Waals surface area (Å²) in [4.78, 5) is 4.44. The van der Waals surface area contributed by atoms with Gasteiger partial charge in [-0.25, -0.2) is 0 Å². The second-order valence-corrected chi connectivity index (χ2v) is 5.59. The van der Waals surface area contributed by atoms with Gasteiger partial charge in [0.25, 0.3) is 0 Å². The normalized spacial score (nSPS) is 11.8. The Balaban J connectivity index is 2.01. The zero-order valence-corrected chi connectivity index (χ0v) is 13.0. The zero-order chi connectivity index (χ0) is 15.2. The lowest BCUT2D eigenvalue weighted by Crippen LogP contribution is -1.88. The van der Waals surface area contributed by atoms with Gasteiger partial charge in [0.1, 0.15) is 0 Å². The Labute approximate surface area is 132 Å².